The largest absolute Gasteiger partial charge is 0.490 e. The number of hydrogen-bond donors (Lipinski definition) is 0. The fourth-order valence-corrected chi connectivity index (χ4v) is 6.33. The standard InChI is InChI=1S/C40H49FN4O5/c1-10-13-26(3)49-33-24-30(41)16-17-31(33)28-14-12-15-29(23-28)32-25-34-42-27(4)35(36(38(46)47-9)50-39(5,6)7)37(45(34)43-32)44-20-18-40(8,19-21-44)48-22-11-2/h10-12,14-17,23-26,36H,1-2,13,18-22H2,3-9H3/t26-,36-/m0/s1. The van der Waals surface area contributed by atoms with Gasteiger partial charge < -0.3 is 23.8 Å². The molecular formula is C40H49FN4O5. The van der Waals surface area contributed by atoms with Crippen molar-refractivity contribution in [2.75, 3.05) is 31.7 Å². The lowest BCUT2D eigenvalue weighted by Crippen LogP contribution is -2.45. The first-order valence-electron chi connectivity index (χ1n) is 17.1. The number of methoxy groups -OCH3 is 1. The third kappa shape index (κ3) is 8.25. The van der Waals surface area contributed by atoms with Crippen molar-refractivity contribution in [2.24, 2.45) is 0 Å². The van der Waals surface area contributed by atoms with Crippen LogP contribution in [0.2, 0.25) is 0 Å². The number of halogens is 1. The molecule has 1 aliphatic rings. The van der Waals surface area contributed by atoms with E-state index in [1.54, 1.807) is 18.2 Å². The van der Waals surface area contributed by atoms with Crippen LogP contribution in [0.3, 0.4) is 0 Å². The van der Waals surface area contributed by atoms with E-state index >= 15 is 0 Å². The van der Waals surface area contributed by atoms with Gasteiger partial charge in [0, 0.05) is 48.5 Å². The second kappa shape index (κ2) is 15.1. The van der Waals surface area contributed by atoms with Crippen molar-refractivity contribution in [3.05, 3.63) is 90.9 Å². The molecule has 0 spiro atoms. The molecule has 0 unspecified atom stereocenters. The van der Waals surface area contributed by atoms with Gasteiger partial charge in [0.05, 0.1) is 42.3 Å². The van der Waals surface area contributed by atoms with Gasteiger partial charge in [-0.3, -0.25) is 0 Å². The van der Waals surface area contributed by atoms with Crippen molar-refractivity contribution >= 4 is 17.4 Å². The second-order valence-corrected chi connectivity index (χ2v) is 14.1. The maximum Gasteiger partial charge on any atom is 0.339 e. The number of hydrogen-bond acceptors (Lipinski definition) is 8. The molecule has 1 fully saturated rings. The van der Waals surface area contributed by atoms with E-state index in [-0.39, 0.29) is 17.5 Å². The predicted octanol–water partition coefficient (Wildman–Crippen LogP) is 8.44. The lowest BCUT2D eigenvalue weighted by Gasteiger charge is -2.41. The van der Waals surface area contributed by atoms with Crippen LogP contribution in [-0.2, 0) is 19.0 Å². The van der Waals surface area contributed by atoms with E-state index in [2.05, 4.69) is 25.0 Å². The molecule has 10 heteroatoms. The normalized spacial score (nSPS) is 15.8. The highest BCUT2D eigenvalue weighted by molar-refractivity contribution is 5.81. The van der Waals surface area contributed by atoms with Crippen LogP contribution in [0.15, 0.2) is 73.8 Å². The van der Waals surface area contributed by atoms with Crippen LogP contribution >= 0.6 is 0 Å². The van der Waals surface area contributed by atoms with E-state index in [0.29, 0.717) is 54.5 Å². The average Bonchev–Trinajstić information content (AvgIpc) is 3.49. The molecule has 2 aromatic carbocycles. The fourth-order valence-electron chi connectivity index (χ4n) is 6.33. The Labute approximate surface area is 294 Å². The summed E-state index contributed by atoms with van der Waals surface area (Å²) in [5.41, 5.74) is 4.06. The van der Waals surface area contributed by atoms with Crippen molar-refractivity contribution in [2.45, 2.75) is 84.2 Å². The first kappa shape index (κ1) is 36.7. The Kier molecular flexibility index (Phi) is 11.1. The van der Waals surface area contributed by atoms with E-state index in [0.717, 1.165) is 35.3 Å². The first-order valence-corrected chi connectivity index (χ1v) is 17.1. The molecule has 5 rings (SSSR count). The molecule has 1 saturated heterocycles. The number of fused-ring (bicyclic) bond motifs is 1. The van der Waals surface area contributed by atoms with Crippen molar-refractivity contribution in [3.8, 4) is 28.1 Å². The number of benzene rings is 2. The molecule has 0 bridgehead atoms. The van der Waals surface area contributed by atoms with E-state index in [4.69, 9.17) is 29.0 Å². The smallest absolute Gasteiger partial charge is 0.339 e. The van der Waals surface area contributed by atoms with Crippen LogP contribution in [0.1, 0.15) is 71.2 Å². The van der Waals surface area contributed by atoms with Crippen LogP contribution in [-0.4, -0.2) is 64.7 Å². The Bertz CT molecular complexity index is 1850. The molecule has 0 N–H and O–H groups in total. The minimum atomic E-state index is -1.03. The Morgan fingerprint density at radius 3 is 2.46 bits per heavy atom. The van der Waals surface area contributed by atoms with Gasteiger partial charge >= 0.3 is 5.97 Å². The summed E-state index contributed by atoms with van der Waals surface area (Å²) in [5, 5.41) is 5.11. The number of aromatic nitrogens is 3. The maximum atomic E-state index is 14.4. The molecule has 0 saturated carbocycles. The number of esters is 1. The van der Waals surface area contributed by atoms with Crippen molar-refractivity contribution in [1.29, 1.82) is 0 Å². The predicted molar refractivity (Wildman–Crippen MR) is 195 cm³/mol. The lowest BCUT2D eigenvalue weighted by atomic mass is 9.92. The van der Waals surface area contributed by atoms with Gasteiger partial charge in [0.25, 0.3) is 0 Å². The van der Waals surface area contributed by atoms with Crippen LogP contribution < -0.4 is 9.64 Å². The highest BCUT2D eigenvalue weighted by atomic mass is 19.1. The minimum absolute atomic E-state index is 0.172. The SMILES string of the molecule is C=CCOC1(C)CCN(c2c([C@H](OC(C)(C)C)C(=O)OC)c(C)nc3cc(-c4cccc(-c5ccc(F)cc5O[C@@H](C)CC=C)c4)nn23)CC1. The molecule has 0 aliphatic carbocycles. The molecule has 1 aliphatic heterocycles. The molecule has 3 heterocycles. The zero-order valence-corrected chi connectivity index (χ0v) is 30.3. The van der Waals surface area contributed by atoms with Gasteiger partial charge in [-0.05, 0) is 78.1 Å². The Balaban J connectivity index is 1.64. The van der Waals surface area contributed by atoms with Crippen LogP contribution in [0.4, 0.5) is 10.2 Å². The number of piperidine rings is 1. The zero-order chi connectivity index (χ0) is 36.2. The summed E-state index contributed by atoms with van der Waals surface area (Å²) in [6.07, 6.45) is 4.49. The van der Waals surface area contributed by atoms with Crippen molar-refractivity contribution in [1.82, 2.24) is 14.6 Å². The topological polar surface area (TPSA) is 87.4 Å². The summed E-state index contributed by atoms with van der Waals surface area (Å²) < 4.78 is 40.1. The summed E-state index contributed by atoms with van der Waals surface area (Å²) in [4.78, 5) is 20.6. The van der Waals surface area contributed by atoms with Gasteiger partial charge in [0.2, 0.25) is 0 Å². The van der Waals surface area contributed by atoms with Crippen molar-refractivity contribution < 1.29 is 28.1 Å². The van der Waals surface area contributed by atoms with E-state index in [1.807, 2.05) is 69.5 Å². The van der Waals surface area contributed by atoms with Gasteiger partial charge in [-0.2, -0.15) is 9.61 Å². The van der Waals surface area contributed by atoms with Crippen molar-refractivity contribution in [3.63, 3.8) is 0 Å². The number of aryl methyl sites for hydroxylation is 1. The summed E-state index contributed by atoms with van der Waals surface area (Å²) in [5.74, 6) is 0.298. The Morgan fingerprint density at radius 1 is 1.08 bits per heavy atom. The van der Waals surface area contributed by atoms with Gasteiger partial charge in [0.1, 0.15) is 17.4 Å². The van der Waals surface area contributed by atoms with E-state index < -0.39 is 17.7 Å². The number of ether oxygens (including phenoxy) is 4. The molecule has 50 heavy (non-hydrogen) atoms. The van der Waals surface area contributed by atoms with Gasteiger partial charge in [-0.15, -0.1) is 13.2 Å². The third-order valence-electron chi connectivity index (χ3n) is 8.86. The summed E-state index contributed by atoms with van der Waals surface area (Å²) in [6.45, 7) is 21.1. The summed E-state index contributed by atoms with van der Waals surface area (Å²) in [7, 11) is 1.36. The molecule has 0 amide bonds. The number of carbonyl (C=O) groups excluding carboxylic acids is 1. The van der Waals surface area contributed by atoms with Crippen LogP contribution in [0.25, 0.3) is 28.0 Å². The summed E-state index contributed by atoms with van der Waals surface area (Å²) in [6, 6.07) is 14.4. The Hall–Kier alpha value is -4.54. The molecule has 4 aromatic rings. The number of carbonyl (C=O) groups is 1. The molecule has 266 valence electrons. The third-order valence-corrected chi connectivity index (χ3v) is 8.86. The number of anilines is 1. The van der Waals surface area contributed by atoms with Gasteiger partial charge in [-0.1, -0.05) is 30.4 Å². The number of rotatable bonds is 13. The number of nitrogens with zero attached hydrogens (tertiary/aromatic N) is 4. The Morgan fingerprint density at radius 2 is 1.80 bits per heavy atom. The molecule has 2 atom stereocenters. The molecule has 0 radical (unpaired) electrons. The monoisotopic (exact) mass is 684 g/mol. The lowest BCUT2D eigenvalue weighted by molar-refractivity contribution is -0.164. The second-order valence-electron chi connectivity index (χ2n) is 14.1. The highest BCUT2D eigenvalue weighted by Crippen LogP contribution is 2.39. The van der Waals surface area contributed by atoms with Crippen LogP contribution in [0.5, 0.6) is 5.75 Å². The fraction of sp³-hybridized carbons (Fsp3) is 0.425. The molecule has 2 aromatic heterocycles. The maximum absolute atomic E-state index is 14.4. The average molecular weight is 685 g/mol. The molecule has 9 nitrogen and oxygen atoms in total. The highest BCUT2D eigenvalue weighted by Gasteiger charge is 2.38. The van der Waals surface area contributed by atoms with Crippen LogP contribution in [0, 0.1) is 12.7 Å². The summed E-state index contributed by atoms with van der Waals surface area (Å²) >= 11 is 0. The molecular weight excluding hydrogens is 635 g/mol. The van der Waals surface area contributed by atoms with Gasteiger partial charge in [-0.25, -0.2) is 14.2 Å². The van der Waals surface area contributed by atoms with E-state index in [9.17, 15) is 9.18 Å². The quantitative estimate of drug-likeness (QED) is 0.102. The zero-order valence-electron chi connectivity index (χ0n) is 30.3. The van der Waals surface area contributed by atoms with E-state index in [1.165, 1.54) is 19.2 Å². The minimum Gasteiger partial charge on any atom is -0.490 e. The first-order chi connectivity index (χ1) is 23.8. The van der Waals surface area contributed by atoms with Gasteiger partial charge in [0.15, 0.2) is 11.8 Å².